The van der Waals surface area contributed by atoms with Crippen molar-refractivity contribution < 1.29 is 0 Å². The van der Waals surface area contributed by atoms with E-state index in [9.17, 15) is 0 Å². The molecular formula is C10H11N5. The van der Waals surface area contributed by atoms with E-state index in [1.807, 2.05) is 6.92 Å². The number of rotatable bonds is 2. The zero-order chi connectivity index (χ0) is 10.7. The first-order valence-corrected chi connectivity index (χ1v) is 4.68. The molecule has 0 spiro atoms. The molecule has 0 amide bonds. The summed E-state index contributed by atoms with van der Waals surface area (Å²) in [4.78, 5) is 16.3. The molecule has 2 rings (SSSR count). The van der Waals surface area contributed by atoms with Gasteiger partial charge < -0.3 is 5.73 Å². The molecule has 2 N–H and O–H groups in total. The van der Waals surface area contributed by atoms with E-state index < -0.39 is 0 Å². The molecule has 0 radical (unpaired) electrons. The second kappa shape index (κ2) is 4.00. The Morgan fingerprint density at radius 3 is 2.73 bits per heavy atom. The molecule has 0 aromatic carbocycles. The summed E-state index contributed by atoms with van der Waals surface area (Å²) in [5, 5.41) is 0. The van der Waals surface area contributed by atoms with Crippen LogP contribution in [0.5, 0.6) is 0 Å². The van der Waals surface area contributed by atoms with E-state index in [1.165, 1.54) is 6.33 Å². The summed E-state index contributed by atoms with van der Waals surface area (Å²) in [6.07, 6.45) is 7.14. The first-order valence-electron chi connectivity index (χ1n) is 4.68. The lowest BCUT2D eigenvalue weighted by molar-refractivity contribution is 1.04. The highest BCUT2D eigenvalue weighted by molar-refractivity contribution is 5.63. The number of aromatic nitrogens is 4. The van der Waals surface area contributed by atoms with Gasteiger partial charge in [-0.2, -0.15) is 0 Å². The van der Waals surface area contributed by atoms with Gasteiger partial charge in [0.1, 0.15) is 17.8 Å². The predicted molar refractivity (Wildman–Crippen MR) is 56.8 cm³/mol. The molecule has 0 aliphatic rings. The van der Waals surface area contributed by atoms with Gasteiger partial charge in [-0.25, -0.2) is 9.97 Å². The minimum Gasteiger partial charge on any atom is -0.383 e. The minimum atomic E-state index is 0.508. The Bertz CT molecular complexity index is 455. The third-order valence-electron chi connectivity index (χ3n) is 2.14. The zero-order valence-corrected chi connectivity index (χ0v) is 8.38. The summed E-state index contributed by atoms with van der Waals surface area (Å²) in [5.41, 5.74) is 8.17. The lowest BCUT2D eigenvalue weighted by Gasteiger charge is -2.06. The Hall–Kier alpha value is -2.04. The van der Waals surface area contributed by atoms with Gasteiger partial charge in [0.2, 0.25) is 0 Å². The van der Waals surface area contributed by atoms with Gasteiger partial charge in [-0.3, -0.25) is 9.97 Å². The average Bonchev–Trinajstić information content (AvgIpc) is 2.30. The van der Waals surface area contributed by atoms with E-state index in [2.05, 4.69) is 19.9 Å². The predicted octanol–water partition coefficient (Wildman–Crippen LogP) is 1.08. The fourth-order valence-electron chi connectivity index (χ4n) is 1.42. The number of hydrogen-bond acceptors (Lipinski definition) is 5. The fraction of sp³-hybridized carbons (Fsp3) is 0.200. The molecular weight excluding hydrogens is 190 g/mol. The Balaban J connectivity index is 2.58. The standard InChI is InChI=1S/C10H11N5/c1-2-7-9(14-6-15-10(7)11)8-5-12-3-4-13-8/h3-6H,2H2,1H3,(H2,11,14,15). The smallest absolute Gasteiger partial charge is 0.130 e. The molecule has 0 bridgehead atoms. The molecule has 5 heteroatoms. The molecule has 15 heavy (non-hydrogen) atoms. The normalized spacial score (nSPS) is 10.2. The van der Waals surface area contributed by atoms with Crippen molar-refractivity contribution in [1.29, 1.82) is 0 Å². The lowest BCUT2D eigenvalue weighted by atomic mass is 10.1. The summed E-state index contributed by atoms with van der Waals surface area (Å²) in [5.74, 6) is 0.508. The maximum atomic E-state index is 5.77. The van der Waals surface area contributed by atoms with Gasteiger partial charge in [-0.15, -0.1) is 0 Å². The van der Waals surface area contributed by atoms with Crippen LogP contribution in [-0.4, -0.2) is 19.9 Å². The molecule has 0 unspecified atom stereocenters. The molecule has 0 saturated heterocycles. The molecule has 2 aromatic rings. The van der Waals surface area contributed by atoms with Crippen LogP contribution in [0, 0.1) is 0 Å². The first kappa shape index (κ1) is 9.51. The molecule has 2 aromatic heterocycles. The summed E-state index contributed by atoms with van der Waals surface area (Å²) < 4.78 is 0. The summed E-state index contributed by atoms with van der Waals surface area (Å²) >= 11 is 0. The molecule has 0 saturated carbocycles. The molecule has 0 aliphatic carbocycles. The van der Waals surface area contributed by atoms with E-state index in [1.54, 1.807) is 18.6 Å². The Morgan fingerprint density at radius 2 is 2.07 bits per heavy atom. The van der Waals surface area contributed by atoms with Crippen LogP contribution >= 0.6 is 0 Å². The summed E-state index contributed by atoms with van der Waals surface area (Å²) in [6, 6.07) is 0. The van der Waals surface area contributed by atoms with E-state index in [-0.39, 0.29) is 0 Å². The van der Waals surface area contributed by atoms with Crippen molar-refractivity contribution in [3.63, 3.8) is 0 Å². The number of nitrogens with zero attached hydrogens (tertiary/aromatic N) is 4. The van der Waals surface area contributed by atoms with Gasteiger partial charge in [0.05, 0.1) is 11.9 Å². The zero-order valence-electron chi connectivity index (χ0n) is 8.38. The third kappa shape index (κ3) is 1.76. The maximum Gasteiger partial charge on any atom is 0.130 e. The van der Waals surface area contributed by atoms with Gasteiger partial charge in [-0.05, 0) is 6.42 Å². The largest absolute Gasteiger partial charge is 0.383 e. The SMILES string of the molecule is CCc1c(N)ncnc1-c1cnccn1. The molecule has 0 aliphatic heterocycles. The molecule has 2 heterocycles. The van der Waals surface area contributed by atoms with Crippen LogP contribution in [0.1, 0.15) is 12.5 Å². The fourth-order valence-corrected chi connectivity index (χ4v) is 1.42. The van der Waals surface area contributed by atoms with Crippen LogP contribution in [0.2, 0.25) is 0 Å². The highest BCUT2D eigenvalue weighted by atomic mass is 14.9. The molecule has 76 valence electrons. The van der Waals surface area contributed by atoms with Crippen molar-refractivity contribution in [3.05, 3.63) is 30.5 Å². The Labute approximate surface area is 87.4 Å². The van der Waals surface area contributed by atoms with Gasteiger partial charge in [0, 0.05) is 18.0 Å². The van der Waals surface area contributed by atoms with Gasteiger partial charge >= 0.3 is 0 Å². The maximum absolute atomic E-state index is 5.77. The third-order valence-corrected chi connectivity index (χ3v) is 2.14. The van der Waals surface area contributed by atoms with Crippen LogP contribution < -0.4 is 5.73 Å². The summed E-state index contributed by atoms with van der Waals surface area (Å²) in [6.45, 7) is 2.01. The van der Waals surface area contributed by atoms with Crippen LogP contribution in [0.4, 0.5) is 5.82 Å². The molecule has 0 fully saturated rings. The topological polar surface area (TPSA) is 77.6 Å². The van der Waals surface area contributed by atoms with E-state index >= 15 is 0 Å². The van der Waals surface area contributed by atoms with Crippen molar-refractivity contribution in [2.45, 2.75) is 13.3 Å². The summed E-state index contributed by atoms with van der Waals surface area (Å²) in [7, 11) is 0. The quantitative estimate of drug-likeness (QED) is 0.786. The van der Waals surface area contributed by atoms with Crippen molar-refractivity contribution in [3.8, 4) is 11.4 Å². The van der Waals surface area contributed by atoms with E-state index in [0.29, 0.717) is 5.82 Å². The van der Waals surface area contributed by atoms with Gasteiger partial charge in [0.15, 0.2) is 0 Å². The van der Waals surface area contributed by atoms with Gasteiger partial charge in [0.25, 0.3) is 0 Å². The van der Waals surface area contributed by atoms with Crippen molar-refractivity contribution in [2.24, 2.45) is 0 Å². The highest BCUT2D eigenvalue weighted by Gasteiger charge is 2.09. The van der Waals surface area contributed by atoms with Crippen LogP contribution in [-0.2, 0) is 6.42 Å². The monoisotopic (exact) mass is 201 g/mol. The van der Waals surface area contributed by atoms with Crippen LogP contribution in [0.15, 0.2) is 24.9 Å². The van der Waals surface area contributed by atoms with Gasteiger partial charge in [-0.1, -0.05) is 6.92 Å². The van der Waals surface area contributed by atoms with E-state index in [0.717, 1.165) is 23.4 Å². The highest BCUT2D eigenvalue weighted by Crippen LogP contribution is 2.21. The molecule has 5 nitrogen and oxygen atoms in total. The van der Waals surface area contributed by atoms with Crippen molar-refractivity contribution in [2.75, 3.05) is 5.73 Å². The minimum absolute atomic E-state index is 0.508. The second-order valence-corrected chi connectivity index (χ2v) is 3.03. The Kier molecular flexibility index (Phi) is 2.53. The Morgan fingerprint density at radius 1 is 1.20 bits per heavy atom. The lowest BCUT2D eigenvalue weighted by Crippen LogP contribution is -2.02. The number of hydrogen-bond donors (Lipinski definition) is 1. The number of nitrogen functional groups attached to an aromatic ring is 1. The first-order chi connectivity index (χ1) is 7.33. The van der Waals surface area contributed by atoms with Crippen LogP contribution in [0.25, 0.3) is 11.4 Å². The van der Waals surface area contributed by atoms with E-state index in [4.69, 9.17) is 5.73 Å². The second-order valence-electron chi connectivity index (χ2n) is 3.03. The van der Waals surface area contributed by atoms with Crippen LogP contribution in [0.3, 0.4) is 0 Å². The van der Waals surface area contributed by atoms with Crippen molar-refractivity contribution >= 4 is 5.82 Å². The number of anilines is 1. The molecule has 0 atom stereocenters. The van der Waals surface area contributed by atoms with Crippen molar-refractivity contribution in [1.82, 2.24) is 19.9 Å². The number of nitrogens with two attached hydrogens (primary N) is 1. The average molecular weight is 201 g/mol.